The van der Waals surface area contributed by atoms with E-state index in [1.54, 1.807) is 6.92 Å². The molecule has 0 aromatic carbocycles. The second kappa shape index (κ2) is 17.4. The van der Waals surface area contributed by atoms with Crippen molar-refractivity contribution < 1.29 is 29.7 Å². The van der Waals surface area contributed by atoms with Gasteiger partial charge in [-0.1, -0.05) is 6.92 Å². The smallest absolute Gasteiger partial charge is 0.414 e. The molecule has 0 aliphatic heterocycles. The third-order valence-corrected chi connectivity index (χ3v) is 0.485. The quantitative estimate of drug-likeness (QED) is 0.326. The Morgan fingerprint density at radius 3 is 1.00 bits per heavy atom. The minimum Gasteiger partial charge on any atom is -0.481 e. The van der Waals surface area contributed by atoms with E-state index in [4.69, 9.17) is 24.9 Å². The van der Waals surface area contributed by atoms with Crippen LogP contribution in [0.1, 0.15) is 13.3 Å². The van der Waals surface area contributed by atoms with Gasteiger partial charge in [-0.25, -0.2) is 9.59 Å². The lowest BCUT2D eigenvalue weighted by atomic mass is 10.5. The van der Waals surface area contributed by atoms with E-state index in [0.717, 1.165) is 0 Å². The summed E-state index contributed by atoms with van der Waals surface area (Å²) >= 11 is 0. The summed E-state index contributed by atoms with van der Waals surface area (Å²) < 4.78 is 0. The highest BCUT2D eigenvalue weighted by Gasteiger charge is 2.04. The third kappa shape index (κ3) is 48.3. The van der Waals surface area contributed by atoms with Crippen LogP contribution >= 0.6 is 0 Å². The molecule has 0 amide bonds. The molecule has 0 rings (SSSR count). The molecule has 12 N–H and O–H groups in total. The van der Waals surface area contributed by atoms with Gasteiger partial charge >= 0.3 is 17.9 Å². The molecular formula is C5H17N3O6. The predicted octanol–water partition coefficient (Wildman–Crippen LogP) is 0.123. The molecule has 14 heavy (non-hydrogen) atoms. The van der Waals surface area contributed by atoms with Crippen molar-refractivity contribution in [2.75, 3.05) is 0 Å². The Balaban J connectivity index is -0.0000000321. The van der Waals surface area contributed by atoms with Crippen LogP contribution < -0.4 is 18.5 Å². The molecule has 0 unspecified atom stereocenters. The van der Waals surface area contributed by atoms with Gasteiger partial charge in [-0.3, -0.25) is 4.79 Å². The molecule has 0 aromatic heterocycles. The molecule has 9 heteroatoms. The molecule has 0 spiro atoms. The van der Waals surface area contributed by atoms with E-state index in [1.807, 2.05) is 0 Å². The van der Waals surface area contributed by atoms with E-state index in [1.165, 1.54) is 0 Å². The van der Waals surface area contributed by atoms with Crippen molar-refractivity contribution in [1.82, 2.24) is 18.5 Å². The van der Waals surface area contributed by atoms with E-state index in [-0.39, 0.29) is 24.9 Å². The van der Waals surface area contributed by atoms with Crippen molar-refractivity contribution in [2.24, 2.45) is 0 Å². The molecule has 0 saturated heterocycles. The highest BCUT2D eigenvalue weighted by atomic mass is 16.4. The Kier molecular flexibility index (Phi) is 36.6. The summed E-state index contributed by atoms with van der Waals surface area (Å²) in [7, 11) is 0. The van der Waals surface area contributed by atoms with Crippen molar-refractivity contribution >= 4 is 17.9 Å². The maximum absolute atomic E-state index is 9.37. The number of carbonyl (C=O) groups is 3. The van der Waals surface area contributed by atoms with Crippen molar-refractivity contribution in [3.63, 3.8) is 0 Å². The Morgan fingerprint density at radius 1 is 0.857 bits per heavy atom. The van der Waals surface area contributed by atoms with Gasteiger partial charge < -0.3 is 33.8 Å². The molecule has 0 atom stereocenters. The summed E-state index contributed by atoms with van der Waals surface area (Å²) in [5, 5.41) is 22.5. The van der Waals surface area contributed by atoms with Crippen molar-refractivity contribution in [3.05, 3.63) is 0 Å². The topological polar surface area (TPSA) is 217 Å². The van der Waals surface area contributed by atoms with E-state index < -0.39 is 17.9 Å². The van der Waals surface area contributed by atoms with Crippen LogP contribution in [0.2, 0.25) is 0 Å². The molecule has 0 aliphatic carbocycles. The van der Waals surface area contributed by atoms with Crippen LogP contribution in [0.3, 0.4) is 0 Å². The van der Waals surface area contributed by atoms with Gasteiger partial charge in [0.2, 0.25) is 0 Å². The van der Waals surface area contributed by atoms with Crippen LogP contribution in [-0.2, 0) is 14.4 Å². The fraction of sp³-hybridized carbons (Fsp3) is 0.400. The molecule has 0 heterocycles. The van der Waals surface area contributed by atoms with Gasteiger partial charge in [0.15, 0.2) is 0 Å². The van der Waals surface area contributed by atoms with Crippen LogP contribution in [0, 0.1) is 0 Å². The fourth-order valence-corrected chi connectivity index (χ4v) is 0. The minimum atomic E-state index is -1.82. The van der Waals surface area contributed by atoms with Crippen molar-refractivity contribution in [2.45, 2.75) is 13.3 Å². The van der Waals surface area contributed by atoms with Gasteiger partial charge in [0.05, 0.1) is 0 Å². The second-order valence-corrected chi connectivity index (χ2v) is 1.36. The predicted molar refractivity (Wildman–Crippen MR) is 48.3 cm³/mol. The molecule has 9 nitrogen and oxygen atoms in total. The number of aliphatic carboxylic acids is 3. The van der Waals surface area contributed by atoms with Crippen molar-refractivity contribution in [3.8, 4) is 0 Å². The molecule has 0 aliphatic rings. The molecule has 0 saturated carbocycles. The number of carboxylic acids is 3. The van der Waals surface area contributed by atoms with E-state index in [0.29, 0.717) is 0 Å². The first-order valence-corrected chi connectivity index (χ1v) is 2.59. The Morgan fingerprint density at radius 2 is 1.00 bits per heavy atom. The van der Waals surface area contributed by atoms with Crippen LogP contribution in [0.4, 0.5) is 0 Å². The van der Waals surface area contributed by atoms with E-state index in [2.05, 4.69) is 0 Å². The minimum absolute atomic E-state index is 0. The number of rotatable bonds is 1. The van der Waals surface area contributed by atoms with Crippen molar-refractivity contribution in [1.29, 1.82) is 0 Å². The Bertz CT molecular complexity index is 159. The SMILES string of the molecule is CCC(=O)O.N.N.N.O=C(O)C(=O)O. The van der Waals surface area contributed by atoms with Gasteiger partial charge in [0, 0.05) is 6.42 Å². The van der Waals surface area contributed by atoms with Gasteiger partial charge in [0.1, 0.15) is 0 Å². The van der Waals surface area contributed by atoms with Crippen LogP contribution in [0.25, 0.3) is 0 Å². The third-order valence-electron chi connectivity index (χ3n) is 0.485. The average Bonchev–Trinajstić information content (AvgIpc) is 1.89. The molecular weight excluding hydrogens is 198 g/mol. The number of carboxylic acid groups (broad SMARTS) is 3. The highest BCUT2D eigenvalue weighted by molar-refractivity contribution is 6.27. The van der Waals surface area contributed by atoms with Crippen LogP contribution in [0.5, 0.6) is 0 Å². The van der Waals surface area contributed by atoms with Gasteiger partial charge in [0.25, 0.3) is 0 Å². The summed E-state index contributed by atoms with van der Waals surface area (Å²) in [6.07, 6.45) is 0.222. The fourth-order valence-electron chi connectivity index (χ4n) is 0. The first-order valence-electron chi connectivity index (χ1n) is 2.59. The lowest BCUT2D eigenvalue weighted by molar-refractivity contribution is -0.159. The lowest BCUT2D eigenvalue weighted by Crippen LogP contribution is -2.09. The second-order valence-electron chi connectivity index (χ2n) is 1.36. The highest BCUT2D eigenvalue weighted by Crippen LogP contribution is 1.67. The molecule has 0 radical (unpaired) electrons. The average molecular weight is 215 g/mol. The largest absolute Gasteiger partial charge is 0.481 e. The monoisotopic (exact) mass is 215 g/mol. The number of hydrogen-bond donors (Lipinski definition) is 6. The van der Waals surface area contributed by atoms with Gasteiger partial charge in [-0.2, -0.15) is 0 Å². The van der Waals surface area contributed by atoms with Gasteiger partial charge in [-0.05, 0) is 0 Å². The first kappa shape index (κ1) is 29.5. The van der Waals surface area contributed by atoms with E-state index >= 15 is 0 Å². The van der Waals surface area contributed by atoms with E-state index in [9.17, 15) is 4.79 Å². The van der Waals surface area contributed by atoms with Crippen LogP contribution in [-0.4, -0.2) is 33.2 Å². The Labute approximate surface area is 80.5 Å². The Hall–Kier alpha value is -1.71. The molecule has 0 aromatic rings. The maximum atomic E-state index is 9.37. The zero-order valence-corrected chi connectivity index (χ0v) is 7.89. The standard InChI is InChI=1S/C3H6O2.C2H2O4.3H3N/c1-2-3(4)5;3-1(4)2(5)6;;;/h2H2,1H3,(H,4,5);(H,3,4)(H,5,6);3*1H3. The molecule has 88 valence electrons. The summed E-state index contributed by atoms with van der Waals surface area (Å²) in [5.41, 5.74) is 0. The summed E-state index contributed by atoms with van der Waals surface area (Å²) in [6.45, 7) is 1.60. The number of hydrogen-bond acceptors (Lipinski definition) is 6. The van der Waals surface area contributed by atoms with Gasteiger partial charge in [-0.15, -0.1) is 0 Å². The maximum Gasteiger partial charge on any atom is 0.414 e. The summed E-state index contributed by atoms with van der Waals surface area (Å²) in [4.78, 5) is 27.6. The summed E-state index contributed by atoms with van der Waals surface area (Å²) in [6, 6.07) is 0. The first-order chi connectivity index (χ1) is 4.91. The van der Waals surface area contributed by atoms with Crippen LogP contribution in [0.15, 0.2) is 0 Å². The molecule has 0 bridgehead atoms. The zero-order chi connectivity index (χ0) is 9.44. The zero-order valence-electron chi connectivity index (χ0n) is 7.89. The lowest BCUT2D eigenvalue weighted by Gasteiger charge is -1.72. The summed E-state index contributed by atoms with van der Waals surface area (Å²) in [5.74, 6) is -4.39. The molecule has 0 fully saturated rings. The normalized spacial score (nSPS) is 5.79.